The van der Waals surface area contributed by atoms with E-state index in [2.05, 4.69) is 26.7 Å². The fourth-order valence-corrected chi connectivity index (χ4v) is 3.40. The molecule has 1 aliphatic heterocycles. The smallest absolute Gasteiger partial charge is 0.311 e. The lowest BCUT2D eigenvalue weighted by molar-refractivity contribution is -0.385. The predicted molar refractivity (Wildman–Crippen MR) is 119 cm³/mol. The average molecular weight is 519 g/mol. The molecule has 0 saturated carbocycles. The Kier molecular flexibility index (Phi) is 7.38. The van der Waals surface area contributed by atoms with Crippen LogP contribution in [0.5, 0.6) is 0 Å². The molecule has 3 rings (SSSR count). The maximum absolute atomic E-state index is 12.4. The Hall–Kier alpha value is -3.80. The van der Waals surface area contributed by atoms with Crippen LogP contribution < -0.4 is 10.7 Å². The van der Waals surface area contributed by atoms with Gasteiger partial charge in [0.25, 0.3) is 17.5 Å². The summed E-state index contributed by atoms with van der Waals surface area (Å²) in [4.78, 5) is 59.3. The zero-order valence-electron chi connectivity index (χ0n) is 17.4. The van der Waals surface area contributed by atoms with Gasteiger partial charge >= 0.3 is 5.97 Å². The molecule has 11 nitrogen and oxygen atoms in total. The number of esters is 1. The van der Waals surface area contributed by atoms with E-state index in [1.165, 1.54) is 24.3 Å². The Morgan fingerprint density at radius 1 is 1.24 bits per heavy atom. The third kappa shape index (κ3) is 5.92. The molecule has 12 heteroatoms. The second kappa shape index (κ2) is 10.2. The van der Waals surface area contributed by atoms with E-state index in [4.69, 9.17) is 4.74 Å². The van der Waals surface area contributed by atoms with Gasteiger partial charge < -0.3 is 10.1 Å². The Balaban J connectivity index is 1.52. The maximum Gasteiger partial charge on any atom is 0.311 e. The number of halogens is 1. The minimum atomic E-state index is -0.897. The molecule has 2 aromatic rings. The molecule has 33 heavy (non-hydrogen) atoms. The highest BCUT2D eigenvalue weighted by Gasteiger charge is 2.37. The number of amides is 3. The molecule has 172 valence electrons. The standard InChI is InChI=1S/C21H19BrN4O7/c1-12-8-14(6-7-16(12)22)23-18(27)11-33-21(30)13-9-19(28)25(10-13)24-20(29)15-4-2-3-5-17(15)26(31)32/h2-8,13H,9-11H2,1H3,(H,23,27)(H,24,29)/t13-/m0/s1. The summed E-state index contributed by atoms with van der Waals surface area (Å²) in [6, 6.07) is 10.5. The van der Waals surface area contributed by atoms with Crippen molar-refractivity contribution in [3.8, 4) is 0 Å². The first kappa shape index (κ1) is 23.9. The van der Waals surface area contributed by atoms with Gasteiger partial charge in [-0.25, -0.2) is 0 Å². The number of hydrogen-bond acceptors (Lipinski definition) is 7. The number of anilines is 1. The highest BCUT2D eigenvalue weighted by molar-refractivity contribution is 9.10. The molecule has 1 aliphatic rings. The molecule has 0 aromatic heterocycles. The molecule has 2 aromatic carbocycles. The zero-order chi connectivity index (χ0) is 24.1. The van der Waals surface area contributed by atoms with Gasteiger partial charge in [0, 0.05) is 22.6 Å². The van der Waals surface area contributed by atoms with E-state index in [0.717, 1.165) is 15.0 Å². The van der Waals surface area contributed by atoms with E-state index < -0.39 is 46.8 Å². The molecular weight excluding hydrogens is 500 g/mol. The quantitative estimate of drug-likeness (QED) is 0.324. The molecule has 2 N–H and O–H groups in total. The zero-order valence-corrected chi connectivity index (χ0v) is 19.0. The first-order valence-corrected chi connectivity index (χ1v) is 10.5. The van der Waals surface area contributed by atoms with Gasteiger partial charge in [-0.3, -0.25) is 39.7 Å². The molecule has 0 bridgehead atoms. The van der Waals surface area contributed by atoms with Crippen LogP contribution >= 0.6 is 15.9 Å². The molecule has 0 unspecified atom stereocenters. The summed E-state index contributed by atoms with van der Waals surface area (Å²) < 4.78 is 5.90. The normalized spacial score (nSPS) is 15.2. The fraction of sp³-hybridized carbons (Fsp3) is 0.238. The molecule has 0 spiro atoms. The Morgan fingerprint density at radius 3 is 2.67 bits per heavy atom. The number of carbonyl (C=O) groups excluding carboxylic acids is 4. The van der Waals surface area contributed by atoms with Crippen molar-refractivity contribution in [2.24, 2.45) is 5.92 Å². The summed E-state index contributed by atoms with van der Waals surface area (Å²) in [6.45, 7) is 1.14. The van der Waals surface area contributed by atoms with Crippen LogP contribution in [0.15, 0.2) is 46.9 Å². The topological polar surface area (TPSA) is 148 Å². The van der Waals surface area contributed by atoms with Crippen molar-refractivity contribution < 1.29 is 28.8 Å². The second-order valence-electron chi connectivity index (χ2n) is 7.24. The van der Waals surface area contributed by atoms with Crippen LogP contribution in [-0.2, 0) is 19.1 Å². The molecule has 1 heterocycles. The van der Waals surface area contributed by atoms with Crippen LogP contribution in [-0.4, -0.2) is 46.8 Å². The van der Waals surface area contributed by atoms with Gasteiger partial charge in [0.1, 0.15) is 5.56 Å². The summed E-state index contributed by atoms with van der Waals surface area (Å²) >= 11 is 3.36. The van der Waals surface area contributed by atoms with Gasteiger partial charge in [0.2, 0.25) is 5.91 Å². The molecule has 0 radical (unpaired) electrons. The average Bonchev–Trinajstić information content (AvgIpc) is 3.14. The summed E-state index contributed by atoms with van der Waals surface area (Å²) in [5.74, 6) is -3.62. The molecule has 1 fully saturated rings. The van der Waals surface area contributed by atoms with E-state index >= 15 is 0 Å². The number of rotatable bonds is 7. The first-order chi connectivity index (χ1) is 15.7. The largest absolute Gasteiger partial charge is 0.455 e. The monoisotopic (exact) mass is 518 g/mol. The van der Waals surface area contributed by atoms with E-state index in [0.29, 0.717) is 5.69 Å². The van der Waals surface area contributed by atoms with Crippen LogP contribution in [0.2, 0.25) is 0 Å². The minimum absolute atomic E-state index is 0.183. The van der Waals surface area contributed by atoms with E-state index in [9.17, 15) is 29.3 Å². The Morgan fingerprint density at radius 2 is 1.97 bits per heavy atom. The number of aryl methyl sites for hydroxylation is 1. The highest BCUT2D eigenvalue weighted by atomic mass is 79.9. The number of nitrogens with zero attached hydrogens (tertiary/aromatic N) is 2. The van der Waals surface area contributed by atoms with Crippen LogP contribution in [0.3, 0.4) is 0 Å². The summed E-state index contributed by atoms with van der Waals surface area (Å²) in [5.41, 5.74) is 3.10. The number of ether oxygens (including phenoxy) is 1. The number of benzene rings is 2. The van der Waals surface area contributed by atoms with Gasteiger partial charge in [0.05, 0.1) is 17.4 Å². The molecule has 1 atom stereocenters. The number of hydrogen-bond donors (Lipinski definition) is 2. The van der Waals surface area contributed by atoms with Gasteiger partial charge in [-0.15, -0.1) is 0 Å². The highest BCUT2D eigenvalue weighted by Crippen LogP contribution is 2.22. The number of nitro benzene ring substituents is 1. The van der Waals surface area contributed by atoms with Crippen molar-refractivity contribution in [1.29, 1.82) is 0 Å². The van der Waals surface area contributed by atoms with Gasteiger partial charge in [0.15, 0.2) is 6.61 Å². The SMILES string of the molecule is Cc1cc(NC(=O)COC(=O)[C@H]2CC(=O)N(NC(=O)c3ccccc3[N+](=O)[O-])C2)ccc1Br. The van der Waals surface area contributed by atoms with Crippen LogP contribution in [0.4, 0.5) is 11.4 Å². The maximum atomic E-state index is 12.4. The summed E-state index contributed by atoms with van der Waals surface area (Å²) in [6.07, 6.45) is -0.233. The lowest BCUT2D eigenvalue weighted by Crippen LogP contribution is -2.43. The lowest BCUT2D eigenvalue weighted by atomic mass is 10.1. The van der Waals surface area contributed by atoms with Gasteiger partial charge in [-0.2, -0.15) is 0 Å². The molecule has 3 amide bonds. The lowest BCUT2D eigenvalue weighted by Gasteiger charge is -2.17. The number of nitro groups is 1. The molecule has 1 saturated heterocycles. The third-order valence-electron chi connectivity index (χ3n) is 4.83. The van der Waals surface area contributed by atoms with Crippen molar-refractivity contribution in [2.75, 3.05) is 18.5 Å². The molecule has 0 aliphatic carbocycles. The van der Waals surface area contributed by atoms with Crippen LogP contribution in [0, 0.1) is 23.0 Å². The second-order valence-corrected chi connectivity index (χ2v) is 8.09. The van der Waals surface area contributed by atoms with E-state index in [1.54, 1.807) is 18.2 Å². The fourth-order valence-electron chi connectivity index (χ4n) is 3.16. The molecular formula is C21H19BrN4O7. The predicted octanol–water partition coefficient (Wildman–Crippen LogP) is 2.34. The minimum Gasteiger partial charge on any atom is -0.455 e. The number of carbonyl (C=O) groups is 4. The van der Waals surface area contributed by atoms with Crippen molar-refractivity contribution in [3.63, 3.8) is 0 Å². The van der Waals surface area contributed by atoms with Crippen molar-refractivity contribution in [2.45, 2.75) is 13.3 Å². The van der Waals surface area contributed by atoms with Crippen molar-refractivity contribution >= 4 is 51.0 Å². The van der Waals surface area contributed by atoms with Gasteiger partial charge in [-0.05, 0) is 36.8 Å². The summed E-state index contributed by atoms with van der Waals surface area (Å²) in [5, 5.41) is 14.6. The summed E-state index contributed by atoms with van der Waals surface area (Å²) in [7, 11) is 0. The van der Waals surface area contributed by atoms with Crippen molar-refractivity contribution in [1.82, 2.24) is 10.4 Å². The Labute approximate surface area is 196 Å². The number of hydrazine groups is 1. The van der Waals surface area contributed by atoms with E-state index in [1.807, 2.05) is 6.92 Å². The van der Waals surface area contributed by atoms with Gasteiger partial charge in [-0.1, -0.05) is 28.1 Å². The Bertz CT molecular complexity index is 1140. The van der Waals surface area contributed by atoms with Crippen LogP contribution in [0.1, 0.15) is 22.3 Å². The van der Waals surface area contributed by atoms with E-state index in [-0.39, 0.29) is 18.5 Å². The van der Waals surface area contributed by atoms with Crippen molar-refractivity contribution in [3.05, 3.63) is 68.2 Å². The number of para-hydroxylation sites is 1. The first-order valence-electron chi connectivity index (χ1n) is 9.73. The third-order valence-corrected chi connectivity index (χ3v) is 5.72. The number of nitrogens with one attached hydrogen (secondary N) is 2. The van der Waals surface area contributed by atoms with Crippen LogP contribution in [0.25, 0.3) is 0 Å².